The number of halogens is 3. The molecule has 0 aliphatic rings. The van der Waals surface area contributed by atoms with E-state index in [1.165, 1.54) is 0 Å². The summed E-state index contributed by atoms with van der Waals surface area (Å²) in [6.45, 7) is 3.09. The number of nitrogens with zero attached hydrogens (tertiary/aromatic N) is 3. The Balaban J connectivity index is 2.04. The van der Waals surface area contributed by atoms with Crippen LogP contribution in [0.2, 0.25) is 0 Å². The number of carbonyl (C=O) groups is 1. The van der Waals surface area contributed by atoms with Crippen molar-refractivity contribution >= 4 is 5.91 Å². The monoisotopic (exact) mass is 332 g/mol. The number of hydrogen-bond acceptors (Lipinski definition) is 4. The van der Waals surface area contributed by atoms with Crippen LogP contribution < -0.4 is 11.0 Å². The lowest BCUT2D eigenvalue weighted by Gasteiger charge is -2.04. The van der Waals surface area contributed by atoms with Gasteiger partial charge in [0.2, 0.25) is 5.82 Å². The van der Waals surface area contributed by atoms with E-state index in [4.69, 9.17) is 4.42 Å². The number of aryl methyl sites for hydroxylation is 2. The number of hydrogen-bond donors (Lipinski definition) is 1. The average molecular weight is 332 g/mol. The number of aromatic nitrogens is 3. The van der Waals surface area contributed by atoms with Crippen molar-refractivity contribution in [2.45, 2.75) is 26.6 Å². The molecule has 23 heavy (non-hydrogen) atoms. The van der Waals surface area contributed by atoms with E-state index in [0.29, 0.717) is 26.3 Å². The zero-order chi connectivity index (χ0) is 17.4. The van der Waals surface area contributed by atoms with E-state index < -0.39 is 23.6 Å². The Kier molecular flexibility index (Phi) is 4.35. The van der Waals surface area contributed by atoms with Gasteiger partial charge in [0.15, 0.2) is 0 Å². The number of carbonyl (C=O) groups excluding carboxylic acids is 1. The van der Waals surface area contributed by atoms with E-state index in [1.807, 2.05) is 0 Å². The molecule has 2 aromatic rings. The Morgan fingerprint density at radius 3 is 2.52 bits per heavy atom. The highest BCUT2D eigenvalue weighted by Crippen LogP contribution is 2.25. The number of rotatable bonds is 4. The SMILES string of the molecule is Cc1cc(C(=O)NCCn2nc(C(F)(F)F)n(C)c2=O)c(C)o1. The van der Waals surface area contributed by atoms with Crippen molar-refractivity contribution in [1.29, 1.82) is 0 Å². The molecule has 0 aliphatic heterocycles. The highest BCUT2D eigenvalue weighted by Gasteiger charge is 2.37. The van der Waals surface area contributed by atoms with Crippen LogP contribution in [0.1, 0.15) is 27.7 Å². The van der Waals surface area contributed by atoms with E-state index in [2.05, 4.69) is 10.4 Å². The standard InChI is InChI=1S/C13H15F3N4O3/c1-7-6-9(8(2)23-7)10(21)17-4-5-20-12(22)19(3)11(18-20)13(14,15)16/h6H,4-5H2,1-3H3,(H,17,21). The number of furan rings is 1. The summed E-state index contributed by atoms with van der Waals surface area (Å²) in [4.78, 5) is 23.6. The first kappa shape index (κ1) is 16.8. The fraction of sp³-hybridized carbons (Fsp3) is 0.462. The molecule has 7 nitrogen and oxygen atoms in total. The molecule has 2 heterocycles. The molecule has 0 aromatic carbocycles. The molecule has 0 unspecified atom stereocenters. The van der Waals surface area contributed by atoms with Crippen LogP contribution in [-0.2, 0) is 19.8 Å². The van der Waals surface area contributed by atoms with Gasteiger partial charge in [0.05, 0.1) is 12.1 Å². The van der Waals surface area contributed by atoms with Gasteiger partial charge in [0, 0.05) is 13.6 Å². The molecule has 0 radical (unpaired) electrons. The maximum atomic E-state index is 12.6. The molecule has 126 valence electrons. The molecule has 2 rings (SSSR count). The maximum Gasteiger partial charge on any atom is 0.451 e. The third-order valence-corrected chi connectivity index (χ3v) is 3.19. The van der Waals surface area contributed by atoms with Gasteiger partial charge in [0.25, 0.3) is 5.91 Å². The molecule has 1 N–H and O–H groups in total. The quantitative estimate of drug-likeness (QED) is 0.913. The van der Waals surface area contributed by atoms with Gasteiger partial charge in [-0.15, -0.1) is 5.10 Å². The molecule has 0 fully saturated rings. The molecule has 0 spiro atoms. The Bertz CT molecular complexity index is 785. The van der Waals surface area contributed by atoms with Crippen molar-refractivity contribution in [3.8, 4) is 0 Å². The molecule has 0 aliphatic carbocycles. The highest BCUT2D eigenvalue weighted by atomic mass is 19.4. The fourth-order valence-electron chi connectivity index (χ4n) is 2.11. The van der Waals surface area contributed by atoms with Crippen molar-refractivity contribution in [2.75, 3.05) is 6.54 Å². The summed E-state index contributed by atoms with van der Waals surface area (Å²) in [5.41, 5.74) is -0.561. The van der Waals surface area contributed by atoms with Gasteiger partial charge >= 0.3 is 11.9 Å². The Hall–Kier alpha value is -2.52. The summed E-state index contributed by atoms with van der Waals surface area (Å²) < 4.78 is 44.2. The van der Waals surface area contributed by atoms with Gasteiger partial charge in [-0.3, -0.25) is 9.36 Å². The number of alkyl halides is 3. The van der Waals surface area contributed by atoms with Crippen molar-refractivity contribution < 1.29 is 22.4 Å². The minimum absolute atomic E-state index is 0.0449. The van der Waals surface area contributed by atoms with Crippen LogP contribution in [0.3, 0.4) is 0 Å². The van der Waals surface area contributed by atoms with Crippen molar-refractivity contribution in [1.82, 2.24) is 19.7 Å². The lowest BCUT2D eigenvalue weighted by Crippen LogP contribution is -2.31. The lowest BCUT2D eigenvalue weighted by molar-refractivity contribution is -0.147. The third-order valence-electron chi connectivity index (χ3n) is 3.19. The van der Waals surface area contributed by atoms with Crippen LogP contribution in [0.5, 0.6) is 0 Å². The van der Waals surface area contributed by atoms with E-state index in [0.717, 1.165) is 7.05 Å². The Labute approximate surface area is 128 Å². The summed E-state index contributed by atoms with van der Waals surface area (Å²) >= 11 is 0. The minimum atomic E-state index is -4.71. The fourth-order valence-corrected chi connectivity index (χ4v) is 2.11. The van der Waals surface area contributed by atoms with Gasteiger partial charge in [-0.25, -0.2) is 9.48 Å². The largest absolute Gasteiger partial charge is 0.466 e. The molecule has 2 aromatic heterocycles. The summed E-state index contributed by atoms with van der Waals surface area (Å²) in [5.74, 6) is -0.702. The summed E-state index contributed by atoms with van der Waals surface area (Å²) in [7, 11) is 0.991. The molecule has 0 saturated heterocycles. The lowest BCUT2D eigenvalue weighted by atomic mass is 10.2. The number of nitrogens with one attached hydrogen (secondary N) is 1. The zero-order valence-corrected chi connectivity index (χ0v) is 12.7. The molecular weight excluding hydrogens is 317 g/mol. The van der Waals surface area contributed by atoms with Crippen LogP contribution in [-0.4, -0.2) is 26.8 Å². The first-order valence-electron chi connectivity index (χ1n) is 6.67. The summed E-state index contributed by atoms with van der Waals surface area (Å²) in [5, 5.41) is 5.75. The van der Waals surface area contributed by atoms with Crippen molar-refractivity contribution in [3.05, 3.63) is 39.5 Å². The molecule has 0 bridgehead atoms. The van der Waals surface area contributed by atoms with Crippen LogP contribution in [0.15, 0.2) is 15.3 Å². The summed E-state index contributed by atoms with van der Waals surface area (Å²) in [6.07, 6.45) is -4.71. The summed E-state index contributed by atoms with van der Waals surface area (Å²) in [6, 6.07) is 1.55. The predicted molar refractivity (Wildman–Crippen MR) is 73.0 cm³/mol. The van der Waals surface area contributed by atoms with Gasteiger partial charge < -0.3 is 9.73 Å². The van der Waals surface area contributed by atoms with Crippen LogP contribution in [0.25, 0.3) is 0 Å². The molecule has 10 heteroatoms. The number of amides is 1. The van der Waals surface area contributed by atoms with Crippen LogP contribution in [0.4, 0.5) is 13.2 Å². The topological polar surface area (TPSA) is 82.1 Å². The third kappa shape index (κ3) is 3.46. The van der Waals surface area contributed by atoms with E-state index in [9.17, 15) is 22.8 Å². The zero-order valence-electron chi connectivity index (χ0n) is 12.7. The van der Waals surface area contributed by atoms with Crippen molar-refractivity contribution in [2.24, 2.45) is 7.05 Å². The normalized spacial score (nSPS) is 11.7. The highest BCUT2D eigenvalue weighted by molar-refractivity contribution is 5.95. The molecule has 0 atom stereocenters. The van der Waals surface area contributed by atoms with Gasteiger partial charge in [-0.05, 0) is 19.9 Å². The molecule has 0 saturated carbocycles. The Morgan fingerprint density at radius 2 is 2.04 bits per heavy atom. The smallest absolute Gasteiger partial charge is 0.451 e. The maximum absolute atomic E-state index is 12.6. The van der Waals surface area contributed by atoms with E-state index >= 15 is 0 Å². The van der Waals surface area contributed by atoms with Gasteiger partial charge in [-0.2, -0.15) is 13.2 Å². The second kappa shape index (κ2) is 5.94. The Morgan fingerprint density at radius 1 is 1.39 bits per heavy atom. The first-order valence-corrected chi connectivity index (χ1v) is 6.67. The second-order valence-corrected chi connectivity index (χ2v) is 4.97. The van der Waals surface area contributed by atoms with Crippen LogP contribution in [0, 0.1) is 13.8 Å². The van der Waals surface area contributed by atoms with E-state index in [-0.39, 0.29) is 13.1 Å². The van der Waals surface area contributed by atoms with E-state index in [1.54, 1.807) is 19.9 Å². The van der Waals surface area contributed by atoms with Crippen molar-refractivity contribution in [3.63, 3.8) is 0 Å². The first-order chi connectivity index (χ1) is 10.6. The van der Waals surface area contributed by atoms with Crippen LogP contribution >= 0.6 is 0 Å². The molecular formula is C13H15F3N4O3. The predicted octanol–water partition coefficient (Wildman–Crippen LogP) is 1.24. The minimum Gasteiger partial charge on any atom is -0.466 e. The average Bonchev–Trinajstić information content (AvgIpc) is 2.91. The van der Waals surface area contributed by atoms with Gasteiger partial charge in [0.1, 0.15) is 11.5 Å². The second-order valence-electron chi connectivity index (χ2n) is 4.97. The van der Waals surface area contributed by atoms with Gasteiger partial charge in [-0.1, -0.05) is 0 Å². The molecule has 1 amide bonds.